The molecule has 1 heterocycles. The van der Waals surface area contributed by atoms with E-state index in [2.05, 4.69) is 5.10 Å². The number of hydrazone groups is 1. The molecule has 94 valence electrons. The van der Waals surface area contributed by atoms with Gasteiger partial charge >= 0.3 is 0 Å². The topological polar surface area (TPSA) is 35.8 Å². The van der Waals surface area contributed by atoms with Gasteiger partial charge in [0.05, 0.1) is 5.41 Å². The predicted molar refractivity (Wildman–Crippen MR) is 75.4 cm³/mol. The summed E-state index contributed by atoms with van der Waals surface area (Å²) in [5.41, 5.74) is 0.739. The molecule has 2 aliphatic rings. The highest BCUT2D eigenvalue weighted by molar-refractivity contribution is 7.80. The molecular formula is C14H16N2OS. The minimum absolute atomic E-state index is 0.175. The Morgan fingerprint density at radius 2 is 1.94 bits per heavy atom. The van der Waals surface area contributed by atoms with Crippen LogP contribution >= 0.6 is 12.2 Å². The summed E-state index contributed by atoms with van der Waals surface area (Å²) in [5, 5.41) is 16.9. The van der Waals surface area contributed by atoms with Crippen molar-refractivity contribution >= 4 is 22.9 Å². The average molecular weight is 260 g/mol. The Balaban J connectivity index is 1.97. The molecule has 1 N–H and O–H groups in total. The van der Waals surface area contributed by atoms with Crippen molar-refractivity contribution in [2.75, 3.05) is 0 Å². The van der Waals surface area contributed by atoms with Crippen LogP contribution in [0.5, 0.6) is 0 Å². The molecule has 1 spiro atoms. The highest BCUT2D eigenvalue weighted by Gasteiger charge is 2.65. The molecule has 0 aromatic heterocycles. The van der Waals surface area contributed by atoms with Crippen molar-refractivity contribution in [3.8, 4) is 0 Å². The van der Waals surface area contributed by atoms with Crippen LogP contribution in [0.4, 0.5) is 0 Å². The standard InChI is InChI=1S/C14H16N2OS/c1-10-14(8-9-14)13(2,17)16(15-10)12(18)11-6-4-3-5-7-11/h3-7,17H,8-9H2,1-2H3. The maximum Gasteiger partial charge on any atom is 0.167 e. The second kappa shape index (κ2) is 3.62. The van der Waals surface area contributed by atoms with E-state index < -0.39 is 5.72 Å². The molecule has 0 amide bonds. The second-order valence-electron chi connectivity index (χ2n) is 5.27. The van der Waals surface area contributed by atoms with Gasteiger partial charge in [-0.05, 0) is 26.7 Å². The first-order valence-electron chi connectivity index (χ1n) is 6.17. The van der Waals surface area contributed by atoms with Crippen LogP contribution in [-0.4, -0.2) is 26.5 Å². The molecule has 3 nitrogen and oxygen atoms in total. The quantitative estimate of drug-likeness (QED) is 0.788. The summed E-state index contributed by atoms with van der Waals surface area (Å²) in [6.45, 7) is 3.80. The van der Waals surface area contributed by atoms with Crippen molar-refractivity contribution in [2.45, 2.75) is 32.4 Å². The Hall–Kier alpha value is -1.26. The number of nitrogens with zero attached hydrogens (tertiary/aromatic N) is 2. The van der Waals surface area contributed by atoms with Gasteiger partial charge in [-0.1, -0.05) is 42.5 Å². The molecule has 1 aromatic rings. The average Bonchev–Trinajstić information content (AvgIpc) is 3.14. The maximum absolute atomic E-state index is 10.8. The van der Waals surface area contributed by atoms with Gasteiger partial charge in [0, 0.05) is 11.3 Å². The number of hydrogen-bond donors (Lipinski definition) is 1. The van der Waals surface area contributed by atoms with Crippen molar-refractivity contribution in [3.05, 3.63) is 35.9 Å². The Kier molecular flexibility index (Phi) is 2.37. The number of hydrogen-bond acceptors (Lipinski definition) is 3. The van der Waals surface area contributed by atoms with Crippen LogP contribution < -0.4 is 0 Å². The van der Waals surface area contributed by atoms with Gasteiger partial charge in [-0.25, -0.2) is 5.01 Å². The molecule has 1 saturated carbocycles. The van der Waals surface area contributed by atoms with E-state index in [-0.39, 0.29) is 5.41 Å². The molecule has 4 heteroatoms. The number of benzene rings is 1. The molecule has 1 aromatic carbocycles. The van der Waals surface area contributed by atoms with Crippen LogP contribution in [0.2, 0.25) is 0 Å². The molecule has 18 heavy (non-hydrogen) atoms. The molecule has 1 fully saturated rings. The van der Waals surface area contributed by atoms with Crippen molar-refractivity contribution in [1.82, 2.24) is 5.01 Å². The lowest BCUT2D eigenvalue weighted by Gasteiger charge is -2.34. The molecule has 1 aliphatic heterocycles. The molecule has 0 radical (unpaired) electrons. The van der Waals surface area contributed by atoms with Crippen molar-refractivity contribution in [3.63, 3.8) is 0 Å². The number of aliphatic hydroxyl groups is 1. The van der Waals surface area contributed by atoms with Crippen LogP contribution in [0.15, 0.2) is 35.4 Å². The lowest BCUT2D eigenvalue weighted by Crippen LogP contribution is -2.49. The van der Waals surface area contributed by atoms with Crippen molar-refractivity contribution < 1.29 is 5.11 Å². The van der Waals surface area contributed by atoms with Gasteiger partial charge in [0.2, 0.25) is 0 Å². The Labute approximate surface area is 112 Å². The van der Waals surface area contributed by atoms with Gasteiger partial charge in [-0.2, -0.15) is 5.10 Å². The third-order valence-corrected chi connectivity index (χ3v) is 4.63. The largest absolute Gasteiger partial charge is 0.368 e. The van der Waals surface area contributed by atoms with E-state index >= 15 is 0 Å². The third kappa shape index (κ3) is 1.39. The molecule has 1 aliphatic carbocycles. The van der Waals surface area contributed by atoms with E-state index in [0.717, 1.165) is 24.1 Å². The van der Waals surface area contributed by atoms with Crippen molar-refractivity contribution in [2.24, 2.45) is 10.5 Å². The summed E-state index contributed by atoms with van der Waals surface area (Å²) in [5.74, 6) is 0. The SMILES string of the molecule is CC1=NN(C(=S)c2ccccc2)C(C)(O)C12CC2. The number of rotatable bonds is 1. The molecule has 1 unspecified atom stereocenters. The van der Waals surface area contributed by atoms with E-state index in [1.807, 2.05) is 44.2 Å². The molecular weight excluding hydrogens is 244 g/mol. The van der Waals surface area contributed by atoms with Gasteiger partial charge in [-0.15, -0.1) is 0 Å². The summed E-state index contributed by atoms with van der Waals surface area (Å²) >= 11 is 5.47. The minimum atomic E-state index is -0.996. The van der Waals surface area contributed by atoms with E-state index in [4.69, 9.17) is 12.2 Å². The van der Waals surface area contributed by atoms with Crippen LogP contribution in [0.3, 0.4) is 0 Å². The van der Waals surface area contributed by atoms with E-state index in [1.165, 1.54) is 0 Å². The van der Waals surface area contributed by atoms with Gasteiger partial charge in [0.25, 0.3) is 0 Å². The van der Waals surface area contributed by atoms with Gasteiger partial charge < -0.3 is 5.11 Å². The first kappa shape index (κ1) is 11.8. The van der Waals surface area contributed by atoms with Gasteiger partial charge in [-0.3, -0.25) is 0 Å². The maximum atomic E-state index is 10.8. The first-order valence-corrected chi connectivity index (χ1v) is 6.57. The lowest BCUT2D eigenvalue weighted by atomic mass is 9.90. The summed E-state index contributed by atoms with van der Waals surface area (Å²) in [7, 11) is 0. The second-order valence-corrected chi connectivity index (χ2v) is 5.66. The van der Waals surface area contributed by atoms with Crippen LogP contribution in [-0.2, 0) is 0 Å². The fourth-order valence-corrected chi connectivity index (χ4v) is 3.15. The summed E-state index contributed by atoms with van der Waals surface area (Å²) in [6.07, 6.45) is 1.98. The Morgan fingerprint density at radius 3 is 2.44 bits per heavy atom. The van der Waals surface area contributed by atoms with E-state index in [0.29, 0.717) is 4.99 Å². The zero-order valence-electron chi connectivity index (χ0n) is 10.6. The van der Waals surface area contributed by atoms with Crippen molar-refractivity contribution in [1.29, 1.82) is 0 Å². The summed E-state index contributed by atoms with van der Waals surface area (Å²) in [4.78, 5) is 0.587. The van der Waals surface area contributed by atoms with Crippen LogP contribution in [0.25, 0.3) is 0 Å². The highest BCUT2D eigenvalue weighted by Crippen LogP contribution is 2.59. The molecule has 0 saturated heterocycles. The van der Waals surface area contributed by atoms with Crippen LogP contribution in [0, 0.1) is 5.41 Å². The minimum Gasteiger partial charge on any atom is -0.368 e. The zero-order valence-corrected chi connectivity index (χ0v) is 11.4. The highest BCUT2D eigenvalue weighted by atomic mass is 32.1. The smallest absolute Gasteiger partial charge is 0.167 e. The Bertz CT molecular complexity index is 532. The zero-order chi connectivity index (χ0) is 13.0. The first-order chi connectivity index (χ1) is 8.49. The fraction of sp³-hybridized carbons (Fsp3) is 0.429. The summed E-state index contributed by atoms with van der Waals surface area (Å²) < 4.78 is 0. The van der Waals surface area contributed by atoms with E-state index in [9.17, 15) is 5.11 Å². The van der Waals surface area contributed by atoms with Gasteiger partial charge in [0.15, 0.2) is 5.72 Å². The Morgan fingerprint density at radius 1 is 1.33 bits per heavy atom. The molecule has 3 rings (SSSR count). The third-order valence-electron chi connectivity index (χ3n) is 4.22. The molecule has 1 atom stereocenters. The van der Waals surface area contributed by atoms with E-state index in [1.54, 1.807) is 5.01 Å². The normalized spacial score (nSPS) is 28.4. The monoisotopic (exact) mass is 260 g/mol. The lowest BCUT2D eigenvalue weighted by molar-refractivity contribution is -0.0732. The predicted octanol–water partition coefficient (Wildman–Crippen LogP) is 2.54. The van der Waals surface area contributed by atoms with Gasteiger partial charge in [0.1, 0.15) is 4.99 Å². The van der Waals surface area contributed by atoms with Crippen LogP contribution in [0.1, 0.15) is 32.3 Å². The summed E-state index contributed by atoms with van der Waals surface area (Å²) in [6, 6.07) is 9.72. The fourth-order valence-electron chi connectivity index (χ4n) is 2.80. The number of thiocarbonyl (C=S) groups is 1. The molecule has 0 bridgehead atoms.